The van der Waals surface area contributed by atoms with Gasteiger partial charge in [0, 0.05) is 17.4 Å². The number of allylic oxidation sites excluding steroid dienone is 4. The van der Waals surface area contributed by atoms with Crippen molar-refractivity contribution in [3.63, 3.8) is 0 Å². The van der Waals surface area contributed by atoms with E-state index in [2.05, 4.69) is 39.8 Å². The van der Waals surface area contributed by atoms with E-state index in [0.29, 0.717) is 11.5 Å². The molecule has 0 aromatic heterocycles. The molecule has 0 radical (unpaired) electrons. The first-order valence-corrected chi connectivity index (χ1v) is 8.43. The lowest BCUT2D eigenvalue weighted by Gasteiger charge is -2.34. The van der Waals surface area contributed by atoms with Gasteiger partial charge in [0.2, 0.25) is 0 Å². The second-order valence-electron chi connectivity index (χ2n) is 7.28. The van der Waals surface area contributed by atoms with Crippen molar-refractivity contribution in [1.82, 2.24) is 0 Å². The molecular formula is C21H24O2. The Morgan fingerprint density at radius 1 is 0.913 bits per heavy atom. The molecule has 0 bridgehead atoms. The van der Waals surface area contributed by atoms with E-state index in [-0.39, 0.29) is 23.4 Å². The largest absolute Gasteiger partial charge is 0.294 e. The highest BCUT2D eigenvalue weighted by atomic mass is 16.1. The minimum atomic E-state index is -0.170. The van der Waals surface area contributed by atoms with E-state index in [9.17, 15) is 9.59 Å². The first kappa shape index (κ1) is 15.9. The summed E-state index contributed by atoms with van der Waals surface area (Å²) in [5.74, 6) is 0.393. The Labute approximate surface area is 138 Å². The lowest BCUT2D eigenvalue weighted by atomic mass is 9.67. The molecule has 1 aromatic carbocycles. The van der Waals surface area contributed by atoms with E-state index >= 15 is 0 Å². The number of rotatable bonds is 2. The summed E-state index contributed by atoms with van der Waals surface area (Å²) in [4.78, 5) is 25.5. The summed E-state index contributed by atoms with van der Waals surface area (Å²) in [5, 5.41) is 0. The fourth-order valence-electron chi connectivity index (χ4n) is 3.66. The first-order valence-electron chi connectivity index (χ1n) is 8.43. The van der Waals surface area contributed by atoms with Gasteiger partial charge in [-0.15, -0.1) is 0 Å². The van der Waals surface area contributed by atoms with Crippen molar-refractivity contribution in [3.8, 4) is 0 Å². The van der Waals surface area contributed by atoms with Crippen LogP contribution < -0.4 is 0 Å². The molecule has 2 aliphatic rings. The van der Waals surface area contributed by atoms with Crippen LogP contribution in [0.5, 0.6) is 0 Å². The highest BCUT2D eigenvalue weighted by Crippen LogP contribution is 2.41. The van der Waals surface area contributed by atoms with Crippen LogP contribution in [0, 0.1) is 11.8 Å². The van der Waals surface area contributed by atoms with Crippen molar-refractivity contribution < 1.29 is 9.59 Å². The lowest BCUT2D eigenvalue weighted by Crippen LogP contribution is -2.36. The molecule has 0 spiro atoms. The van der Waals surface area contributed by atoms with Crippen LogP contribution in [-0.4, -0.2) is 11.6 Å². The Bertz CT molecular complexity index is 717. The molecule has 0 N–H and O–H groups in total. The Kier molecular flexibility index (Phi) is 4.09. The minimum Gasteiger partial charge on any atom is -0.294 e. The summed E-state index contributed by atoms with van der Waals surface area (Å²) in [6.45, 7) is 8.45. The van der Waals surface area contributed by atoms with Crippen LogP contribution in [-0.2, 0) is 9.59 Å². The maximum absolute atomic E-state index is 12.9. The Balaban J connectivity index is 1.94. The minimum absolute atomic E-state index is 0.115. The molecule has 2 atom stereocenters. The lowest BCUT2D eigenvalue weighted by molar-refractivity contribution is -0.128. The Hall–Kier alpha value is -1.96. The first-order chi connectivity index (χ1) is 10.9. The maximum Gasteiger partial charge on any atom is 0.167 e. The van der Waals surface area contributed by atoms with Gasteiger partial charge in [-0.3, -0.25) is 9.59 Å². The highest BCUT2D eigenvalue weighted by molar-refractivity contribution is 6.29. The fourth-order valence-corrected chi connectivity index (χ4v) is 3.66. The predicted molar refractivity (Wildman–Crippen MR) is 93.1 cm³/mol. The summed E-state index contributed by atoms with van der Waals surface area (Å²) in [7, 11) is 0. The number of fused-ring (bicyclic) bond motifs is 1. The molecule has 23 heavy (non-hydrogen) atoms. The van der Waals surface area contributed by atoms with Crippen molar-refractivity contribution in [2.45, 2.75) is 46.5 Å². The third kappa shape index (κ3) is 2.83. The maximum atomic E-state index is 12.9. The van der Waals surface area contributed by atoms with Crippen LogP contribution in [0.3, 0.4) is 0 Å². The topological polar surface area (TPSA) is 34.1 Å². The molecule has 0 amide bonds. The standard InChI is InChI=1S/C21H24O2/c1-12(2)15-5-7-16(8-6-15)17-11-20(22)18-9-13(3)14(4)10-19(18)21(17)23/h5-8,11-12,18-19H,9-10H2,1-4H3/t18-,19+/m0/s1. The monoisotopic (exact) mass is 308 g/mol. The van der Waals surface area contributed by atoms with Gasteiger partial charge in [-0.1, -0.05) is 49.3 Å². The number of hydrogen-bond donors (Lipinski definition) is 0. The van der Waals surface area contributed by atoms with Gasteiger partial charge in [0.1, 0.15) is 0 Å². The van der Waals surface area contributed by atoms with Gasteiger partial charge < -0.3 is 0 Å². The van der Waals surface area contributed by atoms with Gasteiger partial charge in [-0.25, -0.2) is 0 Å². The quantitative estimate of drug-likeness (QED) is 0.742. The number of benzene rings is 1. The van der Waals surface area contributed by atoms with E-state index in [0.717, 1.165) is 18.4 Å². The smallest absolute Gasteiger partial charge is 0.167 e. The van der Waals surface area contributed by atoms with Crippen molar-refractivity contribution in [1.29, 1.82) is 0 Å². The van der Waals surface area contributed by atoms with Gasteiger partial charge >= 0.3 is 0 Å². The second-order valence-corrected chi connectivity index (χ2v) is 7.28. The zero-order chi connectivity index (χ0) is 16.7. The molecule has 2 nitrogen and oxygen atoms in total. The van der Waals surface area contributed by atoms with E-state index in [4.69, 9.17) is 0 Å². The fraction of sp³-hybridized carbons (Fsp3) is 0.429. The van der Waals surface area contributed by atoms with Crippen molar-refractivity contribution in [2.75, 3.05) is 0 Å². The summed E-state index contributed by atoms with van der Waals surface area (Å²) >= 11 is 0. The normalized spacial score (nSPS) is 24.8. The Morgan fingerprint density at radius 2 is 1.48 bits per heavy atom. The summed E-state index contributed by atoms with van der Waals surface area (Å²) in [5.41, 5.74) is 5.25. The molecule has 3 rings (SSSR count). The number of Topliss-reactive ketones (excluding diaryl/α,β-unsaturated/α-hetero) is 1. The molecule has 2 aliphatic carbocycles. The molecule has 120 valence electrons. The highest BCUT2D eigenvalue weighted by Gasteiger charge is 2.41. The molecule has 0 unspecified atom stereocenters. The third-order valence-electron chi connectivity index (χ3n) is 5.41. The molecule has 2 heteroatoms. The van der Waals surface area contributed by atoms with E-state index in [1.807, 2.05) is 12.1 Å². The van der Waals surface area contributed by atoms with E-state index in [1.54, 1.807) is 6.08 Å². The molecule has 0 fully saturated rings. The zero-order valence-electron chi connectivity index (χ0n) is 14.3. The predicted octanol–water partition coefficient (Wildman–Crippen LogP) is 4.71. The van der Waals surface area contributed by atoms with E-state index < -0.39 is 0 Å². The number of carbonyl (C=O) groups is 2. The molecule has 0 saturated carbocycles. The molecule has 0 aliphatic heterocycles. The van der Waals surface area contributed by atoms with Gasteiger partial charge in [-0.05, 0) is 49.8 Å². The van der Waals surface area contributed by atoms with Crippen LogP contribution >= 0.6 is 0 Å². The van der Waals surface area contributed by atoms with Gasteiger partial charge in [0.25, 0.3) is 0 Å². The van der Waals surface area contributed by atoms with Crippen molar-refractivity contribution >= 4 is 17.1 Å². The van der Waals surface area contributed by atoms with Crippen LogP contribution in [0.1, 0.15) is 57.6 Å². The molecule has 1 aromatic rings. The zero-order valence-corrected chi connectivity index (χ0v) is 14.3. The Morgan fingerprint density at radius 3 is 2.04 bits per heavy atom. The van der Waals surface area contributed by atoms with Gasteiger partial charge in [-0.2, -0.15) is 0 Å². The second kappa shape index (κ2) is 5.92. The van der Waals surface area contributed by atoms with Crippen LogP contribution in [0.15, 0.2) is 41.5 Å². The number of hydrogen-bond acceptors (Lipinski definition) is 2. The summed E-state index contributed by atoms with van der Waals surface area (Å²) in [6.07, 6.45) is 3.04. The van der Waals surface area contributed by atoms with Crippen LogP contribution in [0.2, 0.25) is 0 Å². The number of carbonyl (C=O) groups excluding carboxylic acids is 2. The average molecular weight is 308 g/mol. The SMILES string of the molecule is CC1=C(C)C[C@H]2C(=O)C(c3ccc(C(C)C)cc3)=CC(=O)[C@H]2C1. The summed E-state index contributed by atoms with van der Waals surface area (Å²) < 4.78 is 0. The van der Waals surface area contributed by atoms with Crippen molar-refractivity contribution in [2.24, 2.45) is 11.8 Å². The molecule has 0 saturated heterocycles. The summed E-state index contributed by atoms with van der Waals surface area (Å²) in [6, 6.07) is 8.06. The molecular weight excluding hydrogens is 284 g/mol. The van der Waals surface area contributed by atoms with Gasteiger partial charge in [0.15, 0.2) is 11.6 Å². The van der Waals surface area contributed by atoms with Crippen LogP contribution in [0.25, 0.3) is 5.57 Å². The van der Waals surface area contributed by atoms with E-state index in [1.165, 1.54) is 16.7 Å². The third-order valence-corrected chi connectivity index (χ3v) is 5.41. The van der Waals surface area contributed by atoms with Crippen LogP contribution in [0.4, 0.5) is 0 Å². The molecule has 0 heterocycles. The van der Waals surface area contributed by atoms with Crippen molar-refractivity contribution in [3.05, 3.63) is 52.6 Å². The van der Waals surface area contributed by atoms with Gasteiger partial charge in [0.05, 0.1) is 0 Å². The average Bonchev–Trinajstić information content (AvgIpc) is 2.53. The number of ketones is 2.